The predicted molar refractivity (Wildman–Crippen MR) is 58.5 cm³/mol. The summed E-state index contributed by atoms with van der Waals surface area (Å²) in [4.78, 5) is 4.33. The average molecular weight is 176 g/mol. The molecule has 2 nitrogen and oxygen atoms in total. The van der Waals surface area contributed by atoms with E-state index in [0.717, 1.165) is 11.4 Å². The normalized spacial score (nSPS) is 12.2. The number of hydrogen-bond acceptors (Lipinski definition) is 2. The van der Waals surface area contributed by atoms with Crippen LogP contribution in [-0.2, 0) is 0 Å². The fourth-order valence-corrected chi connectivity index (χ4v) is 0.868. The van der Waals surface area contributed by atoms with Crippen molar-refractivity contribution in [1.82, 2.24) is 0 Å². The molecule has 0 radical (unpaired) electrons. The lowest BCUT2D eigenvalue weighted by atomic mass is 9.99. The third kappa shape index (κ3) is 3.28. The molecule has 0 amide bonds. The highest BCUT2D eigenvalue weighted by molar-refractivity contribution is 5.73. The highest BCUT2D eigenvalue weighted by Gasteiger charge is 2.05. The fraction of sp³-hybridized carbons (Fsp3) is 0.364. The van der Waals surface area contributed by atoms with Gasteiger partial charge < -0.3 is 5.73 Å². The van der Waals surface area contributed by atoms with Crippen LogP contribution in [0.25, 0.3) is 0 Å². The van der Waals surface area contributed by atoms with E-state index in [0.29, 0.717) is 0 Å². The Kier molecular flexibility index (Phi) is 2.71. The molecule has 70 valence electrons. The standard InChI is InChI=1S/C11H16N2/c1-11(2,3)8-13-10-7-5-4-6-9(10)12/h4-8H,12H2,1-3H3. The second-order valence-electron chi connectivity index (χ2n) is 4.18. The molecule has 0 saturated heterocycles. The number of anilines is 1. The first kappa shape index (κ1) is 9.78. The largest absolute Gasteiger partial charge is 0.397 e. The van der Waals surface area contributed by atoms with Gasteiger partial charge in [-0.05, 0) is 17.5 Å². The van der Waals surface area contributed by atoms with Crippen molar-refractivity contribution in [2.75, 3.05) is 5.73 Å². The van der Waals surface area contributed by atoms with Gasteiger partial charge in [-0.2, -0.15) is 0 Å². The van der Waals surface area contributed by atoms with E-state index in [-0.39, 0.29) is 5.41 Å². The minimum atomic E-state index is 0.0995. The lowest BCUT2D eigenvalue weighted by Gasteiger charge is -2.10. The minimum absolute atomic E-state index is 0.0995. The quantitative estimate of drug-likeness (QED) is 0.518. The van der Waals surface area contributed by atoms with E-state index in [1.165, 1.54) is 0 Å². The van der Waals surface area contributed by atoms with Gasteiger partial charge in [0.2, 0.25) is 0 Å². The maximum atomic E-state index is 5.74. The summed E-state index contributed by atoms with van der Waals surface area (Å²) in [6, 6.07) is 7.62. The number of para-hydroxylation sites is 2. The summed E-state index contributed by atoms with van der Waals surface area (Å²) in [7, 11) is 0. The maximum Gasteiger partial charge on any atom is 0.0855 e. The van der Waals surface area contributed by atoms with Crippen molar-refractivity contribution in [1.29, 1.82) is 0 Å². The first-order valence-electron chi connectivity index (χ1n) is 4.39. The molecule has 0 fully saturated rings. The Bertz CT molecular complexity index is 308. The van der Waals surface area contributed by atoms with Crippen LogP contribution in [0.4, 0.5) is 11.4 Å². The fourth-order valence-electron chi connectivity index (χ4n) is 0.868. The number of nitrogens with two attached hydrogens (primary N) is 1. The summed E-state index contributed by atoms with van der Waals surface area (Å²) in [5.41, 5.74) is 7.41. The van der Waals surface area contributed by atoms with Crippen molar-refractivity contribution in [3.63, 3.8) is 0 Å². The maximum absolute atomic E-state index is 5.74. The SMILES string of the molecule is CC(C)(C)C=Nc1ccccc1N. The van der Waals surface area contributed by atoms with Crippen LogP contribution in [0.5, 0.6) is 0 Å². The highest BCUT2D eigenvalue weighted by Crippen LogP contribution is 2.21. The van der Waals surface area contributed by atoms with Crippen molar-refractivity contribution >= 4 is 17.6 Å². The molecule has 0 heterocycles. The van der Waals surface area contributed by atoms with Gasteiger partial charge >= 0.3 is 0 Å². The molecule has 1 aromatic carbocycles. The van der Waals surface area contributed by atoms with Gasteiger partial charge in [-0.3, -0.25) is 4.99 Å². The summed E-state index contributed by atoms with van der Waals surface area (Å²) >= 11 is 0. The van der Waals surface area contributed by atoms with Gasteiger partial charge in [-0.25, -0.2) is 0 Å². The lowest BCUT2D eigenvalue weighted by Crippen LogP contribution is -2.05. The van der Waals surface area contributed by atoms with E-state index >= 15 is 0 Å². The van der Waals surface area contributed by atoms with E-state index in [1.807, 2.05) is 30.5 Å². The monoisotopic (exact) mass is 176 g/mol. The summed E-state index contributed by atoms with van der Waals surface area (Å²) in [5, 5.41) is 0. The summed E-state index contributed by atoms with van der Waals surface area (Å²) in [5.74, 6) is 0. The molecule has 0 saturated carbocycles. The average Bonchev–Trinajstić information content (AvgIpc) is 2.01. The van der Waals surface area contributed by atoms with Crippen molar-refractivity contribution in [3.05, 3.63) is 24.3 Å². The lowest BCUT2D eigenvalue weighted by molar-refractivity contribution is 0.607. The number of hydrogen-bond donors (Lipinski definition) is 1. The van der Waals surface area contributed by atoms with Crippen LogP contribution in [0.15, 0.2) is 29.3 Å². The first-order valence-corrected chi connectivity index (χ1v) is 4.39. The predicted octanol–water partition coefficient (Wildman–Crippen LogP) is 3.02. The Labute approximate surface area is 79.5 Å². The molecule has 2 heteroatoms. The van der Waals surface area contributed by atoms with Crippen molar-refractivity contribution in [2.45, 2.75) is 20.8 Å². The van der Waals surface area contributed by atoms with Gasteiger partial charge in [0, 0.05) is 6.21 Å². The minimum Gasteiger partial charge on any atom is -0.397 e. The third-order valence-corrected chi connectivity index (χ3v) is 1.53. The van der Waals surface area contributed by atoms with Crippen molar-refractivity contribution in [2.24, 2.45) is 10.4 Å². The number of benzene rings is 1. The third-order valence-electron chi connectivity index (χ3n) is 1.53. The molecule has 0 aromatic heterocycles. The number of nitrogen functional groups attached to an aromatic ring is 1. The van der Waals surface area contributed by atoms with Crippen molar-refractivity contribution in [3.8, 4) is 0 Å². The first-order chi connectivity index (χ1) is 5.99. The second kappa shape index (κ2) is 3.60. The molecule has 2 N–H and O–H groups in total. The number of rotatable bonds is 1. The molecule has 0 aliphatic carbocycles. The van der Waals surface area contributed by atoms with Crippen LogP contribution in [0.3, 0.4) is 0 Å². The Morgan fingerprint density at radius 2 is 1.85 bits per heavy atom. The zero-order valence-corrected chi connectivity index (χ0v) is 8.41. The molecular weight excluding hydrogens is 160 g/mol. The number of nitrogens with zero attached hydrogens (tertiary/aromatic N) is 1. The van der Waals surface area contributed by atoms with Crippen LogP contribution in [0.1, 0.15) is 20.8 Å². The molecule has 1 rings (SSSR count). The molecule has 0 bridgehead atoms. The topological polar surface area (TPSA) is 38.4 Å². The Balaban J connectivity index is 2.86. The second-order valence-corrected chi connectivity index (χ2v) is 4.18. The zero-order valence-electron chi connectivity index (χ0n) is 8.41. The van der Waals surface area contributed by atoms with E-state index in [1.54, 1.807) is 0 Å². The van der Waals surface area contributed by atoms with E-state index in [9.17, 15) is 0 Å². The van der Waals surface area contributed by atoms with Crippen LogP contribution >= 0.6 is 0 Å². The van der Waals surface area contributed by atoms with Gasteiger partial charge in [-0.1, -0.05) is 32.9 Å². The van der Waals surface area contributed by atoms with Gasteiger partial charge in [0.1, 0.15) is 0 Å². The van der Waals surface area contributed by atoms with Crippen molar-refractivity contribution < 1.29 is 0 Å². The summed E-state index contributed by atoms with van der Waals surface area (Å²) < 4.78 is 0. The smallest absolute Gasteiger partial charge is 0.0855 e. The molecule has 1 aromatic rings. The molecule has 0 atom stereocenters. The Hall–Kier alpha value is -1.31. The molecule has 0 aliphatic rings. The van der Waals surface area contributed by atoms with Gasteiger partial charge in [0.05, 0.1) is 11.4 Å². The van der Waals surface area contributed by atoms with E-state index < -0.39 is 0 Å². The van der Waals surface area contributed by atoms with Gasteiger partial charge in [0.25, 0.3) is 0 Å². The molecule has 0 unspecified atom stereocenters. The van der Waals surface area contributed by atoms with E-state index in [2.05, 4.69) is 25.8 Å². The van der Waals surface area contributed by atoms with Crippen LogP contribution in [0, 0.1) is 5.41 Å². The molecular formula is C11H16N2. The highest BCUT2D eigenvalue weighted by atomic mass is 14.8. The zero-order chi connectivity index (χ0) is 9.90. The molecule has 13 heavy (non-hydrogen) atoms. The molecule has 0 spiro atoms. The van der Waals surface area contributed by atoms with Crippen LogP contribution < -0.4 is 5.73 Å². The summed E-state index contributed by atoms with van der Waals surface area (Å²) in [6.45, 7) is 6.32. The Morgan fingerprint density at radius 3 is 2.38 bits per heavy atom. The molecule has 0 aliphatic heterocycles. The van der Waals surface area contributed by atoms with Gasteiger partial charge in [0.15, 0.2) is 0 Å². The summed E-state index contributed by atoms with van der Waals surface area (Å²) in [6.07, 6.45) is 1.92. The van der Waals surface area contributed by atoms with Crippen LogP contribution in [0.2, 0.25) is 0 Å². The Morgan fingerprint density at radius 1 is 1.23 bits per heavy atom. The van der Waals surface area contributed by atoms with Crippen LogP contribution in [-0.4, -0.2) is 6.21 Å². The van der Waals surface area contributed by atoms with E-state index in [4.69, 9.17) is 5.73 Å². The number of aliphatic imine (C=N–C) groups is 1. The van der Waals surface area contributed by atoms with Gasteiger partial charge in [-0.15, -0.1) is 0 Å².